The van der Waals surface area contributed by atoms with Crippen LogP contribution in [0.1, 0.15) is 69.9 Å². The maximum atomic E-state index is 10.6. The molecule has 0 amide bonds. The molecule has 31 heavy (non-hydrogen) atoms. The van der Waals surface area contributed by atoms with Gasteiger partial charge in [0.05, 0.1) is 6.61 Å². The Morgan fingerprint density at radius 2 is 1.52 bits per heavy atom. The molecule has 168 valence electrons. The fraction of sp³-hybridized carbons (Fsp3) is 0.448. The molecule has 0 fully saturated rings. The van der Waals surface area contributed by atoms with E-state index in [0.717, 1.165) is 47.3 Å². The van der Waals surface area contributed by atoms with Crippen molar-refractivity contribution in [1.82, 2.24) is 0 Å². The number of rotatable bonds is 15. The standard InChI is InChI=1S/C29H40O2/c1-5-9-10-11-12-15-23(8-4)22-31-29-19-17-25(14-7-3)21-27(29)26-20-24(13-6-2)16-18-28(26)30/h6-7,16-21,23,30H,2-3,5,8-15,22H2,1,4H3. The van der Waals surface area contributed by atoms with Gasteiger partial charge in [0.1, 0.15) is 11.5 Å². The molecule has 0 heterocycles. The lowest BCUT2D eigenvalue weighted by atomic mass is 9.96. The maximum absolute atomic E-state index is 10.6. The van der Waals surface area contributed by atoms with E-state index in [1.54, 1.807) is 6.07 Å². The number of hydrogen-bond donors (Lipinski definition) is 1. The van der Waals surface area contributed by atoms with Crippen LogP contribution in [0, 0.1) is 5.92 Å². The lowest BCUT2D eigenvalue weighted by Gasteiger charge is -2.19. The number of phenols is 1. The van der Waals surface area contributed by atoms with Gasteiger partial charge in [-0.15, -0.1) is 13.2 Å². The summed E-state index contributed by atoms with van der Waals surface area (Å²) in [5.74, 6) is 1.67. The second-order valence-electron chi connectivity index (χ2n) is 8.46. The number of ether oxygens (including phenoxy) is 1. The van der Waals surface area contributed by atoms with Gasteiger partial charge in [-0.3, -0.25) is 0 Å². The molecule has 2 heteroatoms. The number of benzene rings is 2. The number of hydrogen-bond acceptors (Lipinski definition) is 2. The number of unbranched alkanes of at least 4 members (excludes halogenated alkanes) is 4. The Labute approximate surface area is 189 Å². The molecule has 1 N–H and O–H groups in total. The minimum absolute atomic E-state index is 0.274. The summed E-state index contributed by atoms with van der Waals surface area (Å²) >= 11 is 0. The maximum Gasteiger partial charge on any atom is 0.127 e. The van der Waals surface area contributed by atoms with Gasteiger partial charge in [0.25, 0.3) is 0 Å². The molecule has 1 unspecified atom stereocenters. The van der Waals surface area contributed by atoms with E-state index in [4.69, 9.17) is 4.74 Å². The predicted molar refractivity (Wildman–Crippen MR) is 134 cm³/mol. The van der Waals surface area contributed by atoms with Crippen LogP contribution in [0.3, 0.4) is 0 Å². The highest BCUT2D eigenvalue weighted by molar-refractivity contribution is 5.76. The quantitative estimate of drug-likeness (QED) is 0.232. The highest BCUT2D eigenvalue weighted by Crippen LogP contribution is 2.38. The van der Waals surface area contributed by atoms with Crippen molar-refractivity contribution in [1.29, 1.82) is 0 Å². The summed E-state index contributed by atoms with van der Waals surface area (Å²) in [6.45, 7) is 12.9. The van der Waals surface area contributed by atoms with Gasteiger partial charge in [0.15, 0.2) is 0 Å². The zero-order valence-corrected chi connectivity index (χ0v) is 19.5. The molecule has 0 spiro atoms. The zero-order chi connectivity index (χ0) is 22.5. The predicted octanol–water partition coefficient (Wildman–Crippen LogP) is 8.28. The first-order valence-electron chi connectivity index (χ1n) is 11.9. The van der Waals surface area contributed by atoms with Crippen molar-refractivity contribution in [2.45, 2.75) is 71.6 Å². The Balaban J connectivity index is 2.20. The van der Waals surface area contributed by atoms with Gasteiger partial charge >= 0.3 is 0 Å². The van der Waals surface area contributed by atoms with E-state index in [9.17, 15) is 5.11 Å². The first-order valence-corrected chi connectivity index (χ1v) is 11.9. The molecule has 0 aliphatic heterocycles. The van der Waals surface area contributed by atoms with Crippen LogP contribution in [0.25, 0.3) is 11.1 Å². The largest absolute Gasteiger partial charge is 0.507 e. The SMILES string of the molecule is C=CCc1ccc(O)c(-c2cc(CC=C)ccc2OCC(CC)CCCCCCC)c1. The molecule has 1 atom stereocenters. The van der Waals surface area contributed by atoms with Crippen LogP contribution in [0.5, 0.6) is 11.5 Å². The molecule has 2 nitrogen and oxygen atoms in total. The van der Waals surface area contributed by atoms with E-state index in [0.29, 0.717) is 12.5 Å². The monoisotopic (exact) mass is 420 g/mol. The molecule has 2 aromatic rings. The summed E-state index contributed by atoms with van der Waals surface area (Å²) < 4.78 is 6.35. The lowest BCUT2D eigenvalue weighted by molar-refractivity contribution is 0.233. The highest BCUT2D eigenvalue weighted by Gasteiger charge is 2.15. The first kappa shape index (κ1) is 24.8. The minimum Gasteiger partial charge on any atom is -0.507 e. The summed E-state index contributed by atoms with van der Waals surface area (Å²) in [6, 6.07) is 12.0. The second kappa shape index (κ2) is 13.7. The smallest absolute Gasteiger partial charge is 0.127 e. The first-order chi connectivity index (χ1) is 15.1. The van der Waals surface area contributed by atoms with Crippen molar-refractivity contribution >= 4 is 0 Å². The summed E-state index contributed by atoms with van der Waals surface area (Å²) in [5, 5.41) is 10.6. The minimum atomic E-state index is 0.274. The summed E-state index contributed by atoms with van der Waals surface area (Å²) in [6.07, 6.45) is 14.2. The van der Waals surface area contributed by atoms with Crippen LogP contribution in [-0.2, 0) is 12.8 Å². The molecule has 0 bridgehead atoms. The van der Waals surface area contributed by atoms with E-state index in [1.807, 2.05) is 30.4 Å². The van der Waals surface area contributed by atoms with Gasteiger partial charge in [-0.1, -0.05) is 76.7 Å². The number of allylic oxidation sites excluding steroid dienone is 2. The molecule has 0 aromatic heterocycles. The Bertz CT molecular complexity index is 821. The molecule has 0 aliphatic rings. The Morgan fingerprint density at radius 1 is 0.871 bits per heavy atom. The fourth-order valence-corrected chi connectivity index (χ4v) is 3.95. The summed E-state index contributed by atoms with van der Waals surface area (Å²) in [5.41, 5.74) is 4.05. The van der Waals surface area contributed by atoms with E-state index in [-0.39, 0.29) is 5.75 Å². The van der Waals surface area contributed by atoms with Crippen molar-refractivity contribution in [3.8, 4) is 22.6 Å². The van der Waals surface area contributed by atoms with Crippen molar-refractivity contribution < 1.29 is 9.84 Å². The molecule has 2 aromatic carbocycles. The highest BCUT2D eigenvalue weighted by atomic mass is 16.5. The molecular formula is C29H40O2. The molecular weight excluding hydrogens is 380 g/mol. The fourth-order valence-electron chi connectivity index (χ4n) is 3.95. The van der Waals surface area contributed by atoms with Crippen molar-refractivity contribution in [2.24, 2.45) is 5.92 Å². The van der Waals surface area contributed by atoms with Crippen LogP contribution < -0.4 is 4.74 Å². The third-order valence-corrected chi connectivity index (χ3v) is 5.92. The molecule has 2 rings (SSSR count). The second-order valence-corrected chi connectivity index (χ2v) is 8.46. The van der Waals surface area contributed by atoms with Crippen molar-refractivity contribution in [2.75, 3.05) is 6.61 Å². The van der Waals surface area contributed by atoms with Gasteiger partial charge in [0.2, 0.25) is 0 Å². The van der Waals surface area contributed by atoms with Crippen LogP contribution in [-0.4, -0.2) is 11.7 Å². The third-order valence-electron chi connectivity index (χ3n) is 5.92. The van der Waals surface area contributed by atoms with E-state index >= 15 is 0 Å². The van der Waals surface area contributed by atoms with Gasteiger partial charge in [-0.2, -0.15) is 0 Å². The average molecular weight is 421 g/mol. The lowest BCUT2D eigenvalue weighted by Crippen LogP contribution is -2.12. The van der Waals surface area contributed by atoms with Gasteiger partial charge in [-0.05, 0) is 60.6 Å². The van der Waals surface area contributed by atoms with Crippen LogP contribution in [0.2, 0.25) is 0 Å². The average Bonchev–Trinajstić information content (AvgIpc) is 2.78. The summed E-state index contributed by atoms with van der Waals surface area (Å²) in [4.78, 5) is 0. The molecule has 0 radical (unpaired) electrons. The van der Waals surface area contributed by atoms with E-state index < -0.39 is 0 Å². The van der Waals surface area contributed by atoms with Gasteiger partial charge in [0, 0.05) is 11.1 Å². The number of phenolic OH excluding ortho intramolecular Hbond substituents is 1. The van der Waals surface area contributed by atoms with Crippen molar-refractivity contribution in [3.05, 3.63) is 72.8 Å². The van der Waals surface area contributed by atoms with Crippen molar-refractivity contribution in [3.63, 3.8) is 0 Å². The Kier molecular flexibility index (Phi) is 11.0. The molecule has 0 saturated carbocycles. The van der Waals surface area contributed by atoms with Crippen LogP contribution in [0.4, 0.5) is 0 Å². The van der Waals surface area contributed by atoms with E-state index in [2.05, 4.69) is 39.1 Å². The van der Waals surface area contributed by atoms with Gasteiger partial charge in [-0.25, -0.2) is 0 Å². The van der Waals surface area contributed by atoms with Gasteiger partial charge < -0.3 is 9.84 Å². The Morgan fingerprint density at radius 3 is 2.16 bits per heavy atom. The zero-order valence-electron chi connectivity index (χ0n) is 19.5. The third kappa shape index (κ3) is 7.94. The molecule has 0 aliphatic carbocycles. The number of aromatic hydroxyl groups is 1. The topological polar surface area (TPSA) is 29.5 Å². The van der Waals surface area contributed by atoms with E-state index in [1.165, 1.54) is 38.5 Å². The summed E-state index contributed by atoms with van der Waals surface area (Å²) in [7, 11) is 0. The Hall–Kier alpha value is -2.48. The van der Waals surface area contributed by atoms with Crippen LogP contribution >= 0.6 is 0 Å². The molecule has 0 saturated heterocycles. The van der Waals surface area contributed by atoms with Crippen LogP contribution in [0.15, 0.2) is 61.7 Å². The normalized spacial score (nSPS) is 11.8.